The quantitative estimate of drug-likeness (QED) is 0.597. The van der Waals surface area contributed by atoms with Crippen LogP contribution >= 0.6 is 22.6 Å². The molecule has 0 radical (unpaired) electrons. The Morgan fingerprint density at radius 2 is 1.94 bits per heavy atom. The Bertz CT molecular complexity index is 511. The first-order valence-electron chi connectivity index (χ1n) is 4.64. The first kappa shape index (κ1) is 15.4. The zero-order valence-electron chi connectivity index (χ0n) is 9.08. The SMILES string of the molecule is Cc1nc(C[SH](=O)=O)nc(NCC(F)(F)F)c1I. The molecule has 0 aliphatic heterocycles. The van der Waals surface area contributed by atoms with Gasteiger partial charge >= 0.3 is 6.18 Å². The highest BCUT2D eigenvalue weighted by Crippen LogP contribution is 2.21. The number of alkyl halides is 3. The molecule has 0 fully saturated rings. The highest BCUT2D eigenvalue weighted by Gasteiger charge is 2.27. The molecular weight excluding hydrogens is 386 g/mol. The van der Waals surface area contributed by atoms with E-state index in [-0.39, 0.29) is 11.6 Å². The summed E-state index contributed by atoms with van der Waals surface area (Å²) >= 11 is 1.80. The third kappa shape index (κ3) is 4.92. The Kier molecular flexibility index (Phi) is 5.13. The molecule has 1 aromatic rings. The lowest BCUT2D eigenvalue weighted by Crippen LogP contribution is -2.23. The van der Waals surface area contributed by atoms with Crippen molar-refractivity contribution in [1.82, 2.24) is 9.97 Å². The van der Waals surface area contributed by atoms with Gasteiger partial charge in [0.25, 0.3) is 0 Å². The Balaban J connectivity index is 2.99. The van der Waals surface area contributed by atoms with E-state index < -0.39 is 29.2 Å². The summed E-state index contributed by atoms with van der Waals surface area (Å²) in [6.45, 7) is 0.339. The van der Waals surface area contributed by atoms with Crippen LogP contribution in [0.25, 0.3) is 0 Å². The second-order valence-corrected chi connectivity index (χ2v) is 5.41. The Morgan fingerprint density at radius 3 is 2.44 bits per heavy atom. The molecule has 0 unspecified atom stereocenters. The van der Waals surface area contributed by atoms with Crippen molar-refractivity contribution in [1.29, 1.82) is 0 Å². The molecule has 1 heterocycles. The molecule has 0 bridgehead atoms. The third-order valence-corrected chi connectivity index (χ3v) is 3.62. The second kappa shape index (κ2) is 5.99. The zero-order chi connectivity index (χ0) is 13.9. The number of nitrogens with one attached hydrogen (secondary N) is 1. The molecule has 0 saturated heterocycles. The average molecular weight is 395 g/mol. The highest BCUT2D eigenvalue weighted by molar-refractivity contribution is 14.1. The topological polar surface area (TPSA) is 72.0 Å². The van der Waals surface area contributed by atoms with Gasteiger partial charge in [0.05, 0.1) is 9.26 Å². The van der Waals surface area contributed by atoms with E-state index in [9.17, 15) is 21.6 Å². The minimum absolute atomic E-state index is 0.00715. The molecular formula is C8H9F3IN3O2S. The Morgan fingerprint density at radius 1 is 1.33 bits per heavy atom. The van der Waals surface area contributed by atoms with E-state index in [1.54, 1.807) is 29.5 Å². The van der Waals surface area contributed by atoms with Gasteiger partial charge < -0.3 is 5.32 Å². The maximum Gasteiger partial charge on any atom is 0.405 e. The molecule has 0 aliphatic carbocycles. The minimum atomic E-state index is -4.37. The van der Waals surface area contributed by atoms with Gasteiger partial charge in [-0.15, -0.1) is 0 Å². The van der Waals surface area contributed by atoms with Gasteiger partial charge in [0, 0.05) is 0 Å². The van der Waals surface area contributed by atoms with Crippen molar-refractivity contribution in [3.05, 3.63) is 15.1 Å². The number of rotatable bonds is 4. The third-order valence-electron chi connectivity index (χ3n) is 1.79. The van der Waals surface area contributed by atoms with Crippen LogP contribution in [0.5, 0.6) is 0 Å². The summed E-state index contributed by atoms with van der Waals surface area (Å²) in [5, 5.41) is 2.13. The predicted octanol–water partition coefficient (Wildman–Crippen LogP) is 1.48. The standard InChI is InChI=1S/C8H9F3IN3O2S/c1-4-6(12)7(13-3-8(9,10)11)15-5(14-4)2-18(16)17/h18H,2-3H2,1H3,(H,13,14,15). The fourth-order valence-corrected chi connectivity index (χ4v) is 1.91. The van der Waals surface area contributed by atoms with E-state index in [2.05, 4.69) is 15.3 Å². The van der Waals surface area contributed by atoms with Crippen LogP contribution in [0, 0.1) is 10.5 Å². The van der Waals surface area contributed by atoms with Crippen molar-refractivity contribution >= 4 is 39.1 Å². The lowest BCUT2D eigenvalue weighted by Gasteiger charge is -2.12. The summed E-state index contributed by atoms with van der Waals surface area (Å²) in [5.41, 5.74) is 0.433. The van der Waals surface area contributed by atoms with Crippen molar-refractivity contribution in [2.45, 2.75) is 18.9 Å². The molecule has 1 rings (SSSR count). The number of anilines is 1. The first-order chi connectivity index (χ1) is 8.19. The molecule has 1 N–H and O–H groups in total. The molecule has 1 aromatic heterocycles. The van der Waals surface area contributed by atoms with Crippen LogP contribution in [0.4, 0.5) is 19.0 Å². The summed E-state index contributed by atoms with van der Waals surface area (Å²) < 4.78 is 57.8. The maximum absolute atomic E-state index is 12.1. The summed E-state index contributed by atoms with van der Waals surface area (Å²) in [4.78, 5) is 7.66. The van der Waals surface area contributed by atoms with Crippen LogP contribution in [-0.4, -0.2) is 31.1 Å². The predicted molar refractivity (Wildman–Crippen MR) is 68.0 cm³/mol. The van der Waals surface area contributed by atoms with E-state index >= 15 is 0 Å². The molecule has 0 aromatic carbocycles. The molecule has 10 heteroatoms. The van der Waals surface area contributed by atoms with E-state index in [0.29, 0.717) is 9.26 Å². The van der Waals surface area contributed by atoms with Crippen LogP contribution in [0.2, 0.25) is 0 Å². The lowest BCUT2D eigenvalue weighted by atomic mass is 10.4. The molecule has 0 amide bonds. The van der Waals surface area contributed by atoms with Gasteiger partial charge in [0.2, 0.25) is 0 Å². The molecule has 0 atom stereocenters. The van der Waals surface area contributed by atoms with E-state index in [0.717, 1.165) is 0 Å². The van der Waals surface area contributed by atoms with E-state index in [1.807, 2.05) is 0 Å². The molecule has 0 aliphatic rings. The van der Waals surface area contributed by atoms with Gasteiger partial charge in [0.15, 0.2) is 0 Å². The van der Waals surface area contributed by atoms with Crippen molar-refractivity contribution in [3.8, 4) is 0 Å². The minimum Gasteiger partial charge on any atom is -0.360 e. The number of aromatic nitrogens is 2. The van der Waals surface area contributed by atoms with Crippen molar-refractivity contribution in [2.24, 2.45) is 0 Å². The van der Waals surface area contributed by atoms with Crippen LogP contribution in [-0.2, 0) is 16.5 Å². The number of nitrogens with zero attached hydrogens (tertiary/aromatic N) is 2. The van der Waals surface area contributed by atoms with Gasteiger partial charge in [-0.25, -0.2) is 18.4 Å². The Labute approximate surface area is 116 Å². The normalized spacial score (nSPS) is 11.9. The van der Waals surface area contributed by atoms with Gasteiger partial charge in [-0.3, -0.25) is 0 Å². The molecule has 0 spiro atoms. The van der Waals surface area contributed by atoms with Crippen molar-refractivity contribution in [2.75, 3.05) is 11.9 Å². The van der Waals surface area contributed by atoms with E-state index in [4.69, 9.17) is 0 Å². The zero-order valence-corrected chi connectivity index (χ0v) is 12.1. The van der Waals surface area contributed by atoms with E-state index in [1.165, 1.54) is 0 Å². The average Bonchev–Trinajstić information content (AvgIpc) is 2.19. The summed E-state index contributed by atoms with van der Waals surface area (Å²) in [7, 11) is -2.72. The number of thiol groups is 1. The fourth-order valence-electron chi connectivity index (χ4n) is 1.10. The number of hydrogen-bond acceptors (Lipinski definition) is 5. The number of aryl methyl sites for hydroxylation is 1. The number of hydrogen-bond donors (Lipinski definition) is 2. The number of halogens is 4. The summed E-state index contributed by atoms with van der Waals surface area (Å²) in [6.07, 6.45) is -4.37. The van der Waals surface area contributed by atoms with Gasteiger partial charge in [-0.05, 0) is 29.5 Å². The lowest BCUT2D eigenvalue weighted by molar-refractivity contribution is -0.115. The smallest absolute Gasteiger partial charge is 0.360 e. The van der Waals surface area contributed by atoms with Gasteiger partial charge in [0.1, 0.15) is 34.6 Å². The first-order valence-corrected chi connectivity index (χ1v) is 7.08. The van der Waals surface area contributed by atoms with Gasteiger partial charge in [-0.1, -0.05) is 0 Å². The molecule has 18 heavy (non-hydrogen) atoms. The van der Waals surface area contributed by atoms with Crippen molar-refractivity contribution in [3.63, 3.8) is 0 Å². The maximum atomic E-state index is 12.1. The second-order valence-electron chi connectivity index (χ2n) is 3.35. The molecule has 0 saturated carbocycles. The fraction of sp³-hybridized carbons (Fsp3) is 0.500. The monoisotopic (exact) mass is 395 g/mol. The van der Waals surface area contributed by atoms with Crippen LogP contribution < -0.4 is 5.32 Å². The highest BCUT2D eigenvalue weighted by atomic mass is 127. The summed E-state index contributed by atoms with van der Waals surface area (Å²) in [6, 6.07) is 0. The summed E-state index contributed by atoms with van der Waals surface area (Å²) in [5.74, 6) is -0.422. The van der Waals surface area contributed by atoms with Crippen molar-refractivity contribution < 1.29 is 21.6 Å². The molecule has 5 nitrogen and oxygen atoms in total. The molecule has 102 valence electrons. The van der Waals surface area contributed by atoms with Gasteiger partial charge in [-0.2, -0.15) is 13.2 Å². The Hall–Kier alpha value is -0.650. The van der Waals surface area contributed by atoms with Crippen LogP contribution in [0.1, 0.15) is 11.5 Å². The van der Waals surface area contributed by atoms with Crippen LogP contribution in [0.3, 0.4) is 0 Å². The largest absolute Gasteiger partial charge is 0.405 e. The van der Waals surface area contributed by atoms with Crippen LogP contribution in [0.15, 0.2) is 0 Å².